The Balaban J connectivity index is 1.57. The van der Waals surface area contributed by atoms with Gasteiger partial charge in [0.15, 0.2) is 17.4 Å². The van der Waals surface area contributed by atoms with E-state index < -0.39 is 0 Å². The summed E-state index contributed by atoms with van der Waals surface area (Å²) in [6.07, 6.45) is 4.51. The molecule has 0 amide bonds. The van der Waals surface area contributed by atoms with Crippen LogP contribution < -0.4 is 0 Å². The normalized spacial score (nSPS) is 14.4. The van der Waals surface area contributed by atoms with Crippen LogP contribution in [0.1, 0.15) is 42.1 Å². The molecule has 0 aliphatic heterocycles. The van der Waals surface area contributed by atoms with Gasteiger partial charge in [-0.15, -0.1) is 0 Å². The first-order chi connectivity index (χ1) is 14.3. The molecule has 4 aromatic rings. The molecule has 0 atom stereocenters. The topological polar surface area (TPSA) is 53.1 Å². The average molecular weight is 387 g/mol. The van der Waals surface area contributed by atoms with Gasteiger partial charge in [-0.2, -0.15) is 5.10 Å². The second kappa shape index (κ2) is 7.84. The van der Waals surface area contributed by atoms with Gasteiger partial charge in [0.1, 0.15) is 5.58 Å². The summed E-state index contributed by atoms with van der Waals surface area (Å²) in [5, 5.41) is 5.98. The fourth-order valence-corrected chi connectivity index (χ4v) is 3.97. The minimum Gasteiger partial charge on any atom is -0.452 e. The van der Waals surface area contributed by atoms with Crippen molar-refractivity contribution in [1.82, 2.24) is 14.8 Å². The van der Waals surface area contributed by atoms with Gasteiger partial charge >= 0.3 is 0 Å². The lowest BCUT2D eigenvalue weighted by Crippen LogP contribution is -2.11. The summed E-state index contributed by atoms with van der Waals surface area (Å²) < 4.78 is 13.8. The van der Waals surface area contributed by atoms with Crippen LogP contribution in [0.5, 0.6) is 0 Å². The smallest absolute Gasteiger partial charge is 0.194 e. The number of hydrogen-bond donors (Lipinski definition) is 0. The maximum absolute atomic E-state index is 6.27. The van der Waals surface area contributed by atoms with Gasteiger partial charge in [0.25, 0.3) is 0 Å². The quantitative estimate of drug-likeness (QED) is 0.429. The molecule has 0 N–H and O–H groups in total. The van der Waals surface area contributed by atoms with Crippen molar-refractivity contribution in [3.63, 3.8) is 0 Å². The molecule has 1 fully saturated rings. The molecule has 5 heteroatoms. The minimum absolute atomic E-state index is 0.474. The summed E-state index contributed by atoms with van der Waals surface area (Å²) >= 11 is 0. The van der Waals surface area contributed by atoms with Crippen LogP contribution in [-0.4, -0.2) is 21.9 Å². The van der Waals surface area contributed by atoms with Crippen LogP contribution in [-0.2, 0) is 24.3 Å². The van der Waals surface area contributed by atoms with Crippen molar-refractivity contribution in [2.24, 2.45) is 0 Å². The Labute approximate surface area is 170 Å². The Bertz CT molecular complexity index is 1110. The lowest BCUT2D eigenvalue weighted by atomic mass is 9.85. The first-order valence-electron chi connectivity index (χ1n) is 10.3. The molecular weight excluding hydrogens is 362 g/mol. The lowest BCUT2D eigenvalue weighted by molar-refractivity contribution is 0.185. The summed E-state index contributed by atoms with van der Waals surface area (Å²) in [5.41, 5.74) is 3.19. The number of fused-ring (bicyclic) bond motifs is 1. The Hall–Kier alpha value is -2.92. The third-order valence-corrected chi connectivity index (χ3v) is 5.80. The van der Waals surface area contributed by atoms with Gasteiger partial charge in [0.05, 0.1) is 6.61 Å². The number of furan rings is 1. The molecule has 1 aliphatic rings. The fraction of sp³-hybridized carbons (Fsp3) is 0.333. The van der Waals surface area contributed by atoms with E-state index >= 15 is 0 Å². The van der Waals surface area contributed by atoms with Gasteiger partial charge in [-0.1, -0.05) is 55.0 Å². The van der Waals surface area contributed by atoms with Crippen LogP contribution in [0, 0.1) is 0 Å². The Morgan fingerprint density at radius 2 is 1.86 bits per heavy atom. The van der Waals surface area contributed by atoms with Gasteiger partial charge in [-0.05, 0) is 30.9 Å². The highest BCUT2D eigenvalue weighted by atomic mass is 16.5. The third kappa shape index (κ3) is 3.47. The van der Waals surface area contributed by atoms with Crippen molar-refractivity contribution in [2.45, 2.75) is 44.8 Å². The molecule has 2 heterocycles. The van der Waals surface area contributed by atoms with E-state index in [1.54, 1.807) is 7.11 Å². The molecule has 148 valence electrons. The SMILES string of the molecule is COCc1c(-c2nc(C3CCC3)nn2CCc2ccccc2)oc2ccccc12. The van der Waals surface area contributed by atoms with Crippen LogP contribution >= 0.6 is 0 Å². The molecule has 1 aliphatic carbocycles. The third-order valence-electron chi connectivity index (χ3n) is 5.80. The zero-order valence-corrected chi connectivity index (χ0v) is 16.7. The Kier molecular flexibility index (Phi) is 4.90. The molecular formula is C24H25N3O2. The summed E-state index contributed by atoms with van der Waals surface area (Å²) in [5.74, 6) is 3.01. The summed E-state index contributed by atoms with van der Waals surface area (Å²) in [7, 11) is 1.71. The van der Waals surface area contributed by atoms with E-state index in [0.29, 0.717) is 12.5 Å². The van der Waals surface area contributed by atoms with Crippen molar-refractivity contribution in [2.75, 3.05) is 7.11 Å². The van der Waals surface area contributed by atoms with Gasteiger partial charge < -0.3 is 9.15 Å². The summed E-state index contributed by atoms with van der Waals surface area (Å²) in [6, 6.07) is 18.6. The zero-order valence-electron chi connectivity index (χ0n) is 16.7. The molecule has 0 spiro atoms. The Morgan fingerprint density at radius 1 is 1.07 bits per heavy atom. The molecule has 29 heavy (non-hydrogen) atoms. The number of aryl methyl sites for hydroxylation is 2. The Morgan fingerprint density at radius 3 is 2.62 bits per heavy atom. The van der Waals surface area contributed by atoms with Crippen LogP contribution in [0.4, 0.5) is 0 Å². The summed E-state index contributed by atoms with van der Waals surface area (Å²) in [6.45, 7) is 1.25. The monoisotopic (exact) mass is 387 g/mol. The van der Waals surface area contributed by atoms with Gasteiger partial charge in [-0.3, -0.25) is 0 Å². The van der Waals surface area contributed by atoms with Crippen LogP contribution in [0.25, 0.3) is 22.6 Å². The maximum atomic E-state index is 6.27. The number of benzene rings is 2. The maximum Gasteiger partial charge on any atom is 0.194 e. The van der Waals surface area contributed by atoms with Crippen molar-refractivity contribution in [3.8, 4) is 11.6 Å². The van der Waals surface area contributed by atoms with Crippen molar-refractivity contribution < 1.29 is 9.15 Å². The fourth-order valence-electron chi connectivity index (χ4n) is 3.97. The number of para-hydroxylation sites is 1. The first-order valence-corrected chi connectivity index (χ1v) is 10.3. The molecule has 0 unspecified atom stereocenters. The molecule has 0 saturated heterocycles. The predicted molar refractivity (Wildman–Crippen MR) is 113 cm³/mol. The zero-order chi connectivity index (χ0) is 19.6. The van der Waals surface area contributed by atoms with Crippen molar-refractivity contribution in [1.29, 1.82) is 0 Å². The van der Waals surface area contributed by atoms with E-state index in [0.717, 1.165) is 46.9 Å². The van der Waals surface area contributed by atoms with E-state index in [1.165, 1.54) is 24.8 Å². The van der Waals surface area contributed by atoms with E-state index in [1.807, 2.05) is 28.9 Å². The standard InChI is InChI=1S/C24H25N3O2/c1-28-16-20-19-12-5-6-13-21(19)29-22(20)24-25-23(18-10-7-11-18)26-27(24)15-14-17-8-3-2-4-9-17/h2-6,8-9,12-13,18H,7,10-11,14-16H2,1H3. The number of nitrogens with zero attached hydrogens (tertiary/aromatic N) is 3. The second-order valence-corrected chi connectivity index (χ2v) is 7.72. The van der Waals surface area contributed by atoms with E-state index in [2.05, 4.69) is 30.3 Å². The molecule has 5 rings (SSSR count). The second-order valence-electron chi connectivity index (χ2n) is 7.72. The van der Waals surface area contributed by atoms with Crippen molar-refractivity contribution >= 4 is 11.0 Å². The molecule has 0 bridgehead atoms. The van der Waals surface area contributed by atoms with Crippen LogP contribution in [0.15, 0.2) is 59.0 Å². The van der Waals surface area contributed by atoms with Gasteiger partial charge in [0, 0.05) is 30.5 Å². The highest BCUT2D eigenvalue weighted by molar-refractivity contribution is 5.86. The van der Waals surface area contributed by atoms with Gasteiger partial charge in [0.2, 0.25) is 0 Å². The molecule has 5 nitrogen and oxygen atoms in total. The van der Waals surface area contributed by atoms with E-state index in [9.17, 15) is 0 Å². The molecule has 1 saturated carbocycles. The van der Waals surface area contributed by atoms with Crippen molar-refractivity contribution in [3.05, 3.63) is 71.5 Å². The predicted octanol–water partition coefficient (Wildman–Crippen LogP) is 5.35. The number of rotatable bonds is 7. The molecule has 2 aromatic heterocycles. The number of hydrogen-bond acceptors (Lipinski definition) is 4. The summed E-state index contributed by atoms with van der Waals surface area (Å²) in [4.78, 5) is 4.96. The van der Waals surface area contributed by atoms with E-state index in [4.69, 9.17) is 19.2 Å². The average Bonchev–Trinajstić information content (AvgIpc) is 3.28. The van der Waals surface area contributed by atoms with Crippen LogP contribution in [0.2, 0.25) is 0 Å². The first kappa shape index (κ1) is 18.1. The lowest BCUT2D eigenvalue weighted by Gasteiger charge is -2.21. The largest absolute Gasteiger partial charge is 0.452 e. The highest BCUT2D eigenvalue weighted by Crippen LogP contribution is 2.38. The van der Waals surface area contributed by atoms with E-state index in [-0.39, 0.29) is 0 Å². The number of methoxy groups -OCH3 is 1. The minimum atomic E-state index is 0.474. The molecule has 2 aromatic carbocycles. The highest BCUT2D eigenvalue weighted by Gasteiger charge is 2.28. The molecule has 0 radical (unpaired) electrons. The number of aromatic nitrogens is 3. The van der Waals surface area contributed by atoms with Crippen LogP contribution in [0.3, 0.4) is 0 Å². The number of ether oxygens (including phenoxy) is 1. The van der Waals surface area contributed by atoms with Gasteiger partial charge in [-0.25, -0.2) is 9.67 Å².